The first-order chi connectivity index (χ1) is 6.83. The summed E-state index contributed by atoms with van der Waals surface area (Å²) >= 11 is 6.22. The summed E-state index contributed by atoms with van der Waals surface area (Å²) in [6.07, 6.45) is 4.59. The number of nitrogens with zero attached hydrogens (tertiary/aromatic N) is 1. The fourth-order valence-corrected chi connectivity index (χ4v) is 2.28. The first-order valence-corrected chi connectivity index (χ1v) is 5.66. The molecule has 2 heterocycles. The predicted molar refractivity (Wildman–Crippen MR) is 57.6 cm³/mol. The summed E-state index contributed by atoms with van der Waals surface area (Å²) in [5.41, 5.74) is 2.05. The summed E-state index contributed by atoms with van der Waals surface area (Å²) in [5, 5.41) is 11.6. The van der Waals surface area contributed by atoms with E-state index in [9.17, 15) is 0 Å². The number of nitrogens with one attached hydrogen (secondary N) is 2. The maximum atomic E-state index is 6.22. The number of aromatic amines is 1. The maximum Gasteiger partial charge on any atom is 0.0980 e. The minimum absolute atomic E-state index is 0.354. The topological polar surface area (TPSA) is 40.7 Å². The van der Waals surface area contributed by atoms with Gasteiger partial charge < -0.3 is 5.32 Å². The summed E-state index contributed by atoms with van der Waals surface area (Å²) in [4.78, 5) is 0. The molecule has 2 N–H and O–H groups in total. The smallest absolute Gasteiger partial charge is 0.0980 e. The maximum absolute atomic E-state index is 6.22. The predicted octanol–water partition coefficient (Wildman–Crippen LogP) is 2.44. The number of hydrogen-bond donors (Lipinski definition) is 2. The van der Waals surface area contributed by atoms with E-state index >= 15 is 0 Å². The monoisotopic (exact) mass is 213 g/mol. The van der Waals surface area contributed by atoms with Crippen molar-refractivity contribution >= 4 is 11.6 Å². The number of H-pyrrole nitrogens is 1. The summed E-state index contributed by atoms with van der Waals surface area (Å²) in [7, 11) is 0. The van der Waals surface area contributed by atoms with Crippen LogP contribution in [0.5, 0.6) is 0 Å². The lowest BCUT2D eigenvalue weighted by Gasteiger charge is -2.21. The lowest BCUT2D eigenvalue weighted by Crippen LogP contribution is -2.27. The molecule has 14 heavy (non-hydrogen) atoms. The fourth-order valence-electron chi connectivity index (χ4n) is 1.93. The molecule has 1 fully saturated rings. The van der Waals surface area contributed by atoms with Crippen molar-refractivity contribution in [3.8, 4) is 0 Å². The van der Waals surface area contributed by atoms with Crippen LogP contribution >= 0.6 is 11.6 Å². The molecule has 1 aromatic heterocycles. The second kappa shape index (κ2) is 4.32. The Morgan fingerprint density at radius 1 is 1.50 bits per heavy atom. The molecule has 1 unspecified atom stereocenters. The fraction of sp³-hybridized carbons (Fsp3) is 0.700. The molecule has 2 rings (SSSR count). The van der Waals surface area contributed by atoms with Crippen molar-refractivity contribution < 1.29 is 0 Å². The van der Waals surface area contributed by atoms with Crippen LogP contribution in [0.25, 0.3) is 0 Å². The van der Waals surface area contributed by atoms with E-state index in [2.05, 4.69) is 22.4 Å². The van der Waals surface area contributed by atoms with Gasteiger partial charge in [0.05, 0.1) is 22.5 Å². The molecule has 1 aliphatic heterocycles. The number of halogens is 1. The van der Waals surface area contributed by atoms with Gasteiger partial charge in [-0.05, 0) is 25.8 Å². The SMILES string of the molecule is CCc1[nH]nc(C2CCCCN2)c1Cl. The lowest BCUT2D eigenvalue weighted by molar-refractivity contribution is 0.405. The summed E-state index contributed by atoms with van der Waals surface area (Å²) in [6, 6.07) is 0.354. The zero-order valence-electron chi connectivity index (χ0n) is 8.44. The standard InChI is InChI=1S/C10H16ClN3/c1-2-7-9(11)10(14-13-7)8-5-3-4-6-12-8/h8,12H,2-6H2,1H3,(H,13,14). The van der Waals surface area contributed by atoms with Gasteiger partial charge in [-0.25, -0.2) is 0 Å². The number of piperidine rings is 1. The van der Waals surface area contributed by atoms with Crippen molar-refractivity contribution in [1.82, 2.24) is 15.5 Å². The molecule has 0 saturated carbocycles. The van der Waals surface area contributed by atoms with E-state index in [-0.39, 0.29) is 0 Å². The molecule has 0 aliphatic carbocycles. The van der Waals surface area contributed by atoms with Gasteiger partial charge in [-0.15, -0.1) is 0 Å². The minimum atomic E-state index is 0.354. The Bertz CT molecular complexity index is 302. The molecule has 3 nitrogen and oxygen atoms in total. The van der Waals surface area contributed by atoms with Crippen LogP contribution in [0.1, 0.15) is 43.6 Å². The quantitative estimate of drug-likeness (QED) is 0.793. The normalized spacial score (nSPS) is 22.6. The highest BCUT2D eigenvalue weighted by atomic mass is 35.5. The van der Waals surface area contributed by atoms with E-state index in [4.69, 9.17) is 11.6 Å². The van der Waals surface area contributed by atoms with Crippen LogP contribution < -0.4 is 5.32 Å². The molecule has 0 bridgehead atoms. The lowest BCUT2D eigenvalue weighted by atomic mass is 10.0. The van der Waals surface area contributed by atoms with Crippen molar-refractivity contribution in [3.05, 3.63) is 16.4 Å². The molecular formula is C10H16ClN3. The molecule has 0 aromatic carbocycles. The van der Waals surface area contributed by atoms with Gasteiger partial charge in [-0.1, -0.05) is 24.9 Å². The van der Waals surface area contributed by atoms with Crippen LogP contribution in [0.15, 0.2) is 0 Å². The van der Waals surface area contributed by atoms with Crippen LogP contribution in [-0.4, -0.2) is 16.7 Å². The number of rotatable bonds is 2. The Kier molecular flexibility index (Phi) is 3.08. The van der Waals surface area contributed by atoms with Crippen LogP contribution in [0.4, 0.5) is 0 Å². The average molecular weight is 214 g/mol. The van der Waals surface area contributed by atoms with Crippen molar-refractivity contribution in [2.24, 2.45) is 0 Å². The number of hydrogen-bond acceptors (Lipinski definition) is 2. The van der Waals surface area contributed by atoms with E-state index < -0.39 is 0 Å². The van der Waals surface area contributed by atoms with Gasteiger partial charge in [0, 0.05) is 0 Å². The van der Waals surface area contributed by atoms with Crippen LogP contribution in [0.3, 0.4) is 0 Å². The molecule has 0 spiro atoms. The van der Waals surface area contributed by atoms with Gasteiger partial charge in [0.1, 0.15) is 0 Å². The van der Waals surface area contributed by atoms with E-state index in [1.807, 2.05) is 0 Å². The Labute approximate surface area is 89.2 Å². The van der Waals surface area contributed by atoms with Crippen molar-refractivity contribution in [2.75, 3.05) is 6.54 Å². The molecule has 1 aromatic rings. The van der Waals surface area contributed by atoms with Crippen LogP contribution in [0, 0.1) is 0 Å². The van der Waals surface area contributed by atoms with Crippen molar-refractivity contribution in [1.29, 1.82) is 0 Å². The Morgan fingerprint density at radius 3 is 2.93 bits per heavy atom. The average Bonchev–Trinajstić information content (AvgIpc) is 2.61. The largest absolute Gasteiger partial charge is 0.309 e. The van der Waals surface area contributed by atoms with E-state index in [1.165, 1.54) is 12.8 Å². The van der Waals surface area contributed by atoms with Gasteiger partial charge in [0.15, 0.2) is 0 Å². The second-order valence-electron chi connectivity index (χ2n) is 3.76. The summed E-state index contributed by atoms with van der Waals surface area (Å²) in [6.45, 7) is 3.16. The third-order valence-corrected chi connectivity index (χ3v) is 3.22. The molecule has 78 valence electrons. The molecular weight excluding hydrogens is 198 g/mol. The van der Waals surface area contributed by atoms with Crippen LogP contribution in [0.2, 0.25) is 5.02 Å². The first-order valence-electron chi connectivity index (χ1n) is 5.29. The van der Waals surface area contributed by atoms with Crippen LogP contribution in [-0.2, 0) is 6.42 Å². The highest BCUT2D eigenvalue weighted by Gasteiger charge is 2.21. The summed E-state index contributed by atoms with van der Waals surface area (Å²) < 4.78 is 0. The Morgan fingerprint density at radius 2 is 2.36 bits per heavy atom. The first kappa shape index (κ1) is 9.99. The van der Waals surface area contributed by atoms with Gasteiger partial charge >= 0.3 is 0 Å². The second-order valence-corrected chi connectivity index (χ2v) is 4.14. The minimum Gasteiger partial charge on any atom is -0.309 e. The van der Waals surface area contributed by atoms with Gasteiger partial charge in [-0.3, -0.25) is 5.10 Å². The van der Waals surface area contributed by atoms with E-state index in [1.54, 1.807) is 0 Å². The molecule has 0 amide bonds. The highest BCUT2D eigenvalue weighted by molar-refractivity contribution is 6.31. The zero-order chi connectivity index (χ0) is 9.97. The summed E-state index contributed by atoms with van der Waals surface area (Å²) in [5.74, 6) is 0. The third kappa shape index (κ3) is 1.79. The van der Waals surface area contributed by atoms with Gasteiger partial charge in [0.25, 0.3) is 0 Å². The molecule has 0 radical (unpaired) electrons. The Balaban J connectivity index is 2.18. The molecule has 4 heteroatoms. The number of aromatic nitrogens is 2. The van der Waals surface area contributed by atoms with E-state index in [0.29, 0.717) is 6.04 Å². The van der Waals surface area contributed by atoms with Crippen molar-refractivity contribution in [3.63, 3.8) is 0 Å². The van der Waals surface area contributed by atoms with Crippen molar-refractivity contribution in [2.45, 2.75) is 38.6 Å². The number of aryl methyl sites for hydroxylation is 1. The zero-order valence-corrected chi connectivity index (χ0v) is 9.19. The third-order valence-electron chi connectivity index (χ3n) is 2.80. The van der Waals surface area contributed by atoms with Gasteiger partial charge in [0.2, 0.25) is 0 Å². The molecule has 1 aliphatic rings. The highest BCUT2D eigenvalue weighted by Crippen LogP contribution is 2.29. The van der Waals surface area contributed by atoms with E-state index in [0.717, 1.165) is 35.8 Å². The van der Waals surface area contributed by atoms with Gasteiger partial charge in [-0.2, -0.15) is 5.10 Å². The molecule has 1 atom stereocenters. The Hall–Kier alpha value is -0.540. The molecule has 1 saturated heterocycles.